The molecule has 0 saturated carbocycles. The monoisotopic (exact) mass is 241 g/mol. The van der Waals surface area contributed by atoms with Crippen LogP contribution in [-0.2, 0) is 22.5 Å². The number of rotatable bonds is 7. The fraction of sp³-hybridized carbons (Fsp3) is 0.750. The van der Waals surface area contributed by atoms with Gasteiger partial charge in [0.15, 0.2) is 0 Å². The molecule has 0 fully saturated rings. The third-order valence-corrected chi connectivity index (χ3v) is 2.60. The number of aromatic nitrogens is 2. The van der Waals surface area contributed by atoms with Crippen LogP contribution in [0.15, 0.2) is 0 Å². The molecule has 0 aliphatic carbocycles. The average Bonchev–Trinajstić information content (AvgIpc) is 2.61. The molecule has 1 aromatic rings. The average molecular weight is 241 g/mol. The Kier molecular flexibility index (Phi) is 5.44. The Morgan fingerprint density at radius 3 is 2.53 bits per heavy atom. The molecule has 98 valence electrons. The molecule has 0 amide bonds. The van der Waals surface area contributed by atoms with Gasteiger partial charge in [-0.3, -0.25) is 0 Å². The van der Waals surface area contributed by atoms with E-state index in [1.165, 1.54) is 0 Å². The van der Waals surface area contributed by atoms with Crippen LogP contribution >= 0.6 is 0 Å². The minimum Gasteiger partial charge on any atom is -0.383 e. The van der Waals surface area contributed by atoms with Gasteiger partial charge in [0.25, 0.3) is 0 Å². The molecule has 0 saturated heterocycles. The summed E-state index contributed by atoms with van der Waals surface area (Å²) in [7, 11) is 1.65. The van der Waals surface area contributed by atoms with Gasteiger partial charge < -0.3 is 19.8 Å². The van der Waals surface area contributed by atoms with Crippen LogP contribution in [-0.4, -0.2) is 29.9 Å². The molecule has 0 aliphatic heterocycles. The number of nitrogens with zero attached hydrogens (tertiary/aromatic N) is 2. The molecular weight excluding hydrogens is 218 g/mol. The Morgan fingerprint density at radius 1 is 1.35 bits per heavy atom. The van der Waals surface area contributed by atoms with E-state index in [0.717, 1.165) is 17.9 Å². The van der Waals surface area contributed by atoms with Gasteiger partial charge in [-0.1, -0.05) is 6.92 Å². The standard InChI is InChI=1S/C12H23N3O2/c1-5-11-14-10(8-17-7-6-16-4)12(13)15(11)9(2)3/h9H,5-8,13H2,1-4H3. The molecule has 0 radical (unpaired) electrons. The van der Waals surface area contributed by atoms with E-state index in [9.17, 15) is 0 Å². The number of aryl methyl sites for hydroxylation is 1. The fourth-order valence-electron chi connectivity index (χ4n) is 1.79. The van der Waals surface area contributed by atoms with Crippen LogP contribution in [0.1, 0.15) is 38.3 Å². The van der Waals surface area contributed by atoms with Gasteiger partial charge in [-0.15, -0.1) is 0 Å². The van der Waals surface area contributed by atoms with Crippen molar-refractivity contribution in [2.75, 3.05) is 26.1 Å². The van der Waals surface area contributed by atoms with Crippen LogP contribution in [0.4, 0.5) is 5.82 Å². The van der Waals surface area contributed by atoms with E-state index in [0.29, 0.717) is 31.7 Å². The molecule has 1 heterocycles. The molecule has 0 aliphatic rings. The van der Waals surface area contributed by atoms with E-state index in [2.05, 4.69) is 30.3 Å². The van der Waals surface area contributed by atoms with Gasteiger partial charge in [0.1, 0.15) is 17.3 Å². The fourth-order valence-corrected chi connectivity index (χ4v) is 1.79. The Balaban J connectivity index is 2.73. The van der Waals surface area contributed by atoms with Gasteiger partial charge >= 0.3 is 0 Å². The van der Waals surface area contributed by atoms with Crippen LogP contribution in [0.25, 0.3) is 0 Å². The summed E-state index contributed by atoms with van der Waals surface area (Å²) in [5.74, 6) is 1.73. The summed E-state index contributed by atoms with van der Waals surface area (Å²) in [4.78, 5) is 4.52. The molecule has 0 aromatic carbocycles. The summed E-state index contributed by atoms with van der Waals surface area (Å²) in [5, 5.41) is 0. The maximum atomic E-state index is 6.08. The zero-order chi connectivity index (χ0) is 12.8. The van der Waals surface area contributed by atoms with Crippen LogP contribution in [0.3, 0.4) is 0 Å². The summed E-state index contributed by atoms with van der Waals surface area (Å²) < 4.78 is 12.4. The SMILES string of the molecule is CCc1nc(COCCOC)c(N)n1C(C)C. The second-order valence-electron chi connectivity index (χ2n) is 4.22. The summed E-state index contributed by atoms with van der Waals surface area (Å²) in [5.41, 5.74) is 6.91. The highest BCUT2D eigenvalue weighted by atomic mass is 16.5. The van der Waals surface area contributed by atoms with E-state index in [-0.39, 0.29) is 0 Å². The quantitative estimate of drug-likeness (QED) is 0.739. The molecule has 0 unspecified atom stereocenters. The van der Waals surface area contributed by atoms with Crippen molar-refractivity contribution in [2.45, 2.75) is 39.8 Å². The van der Waals surface area contributed by atoms with Gasteiger partial charge in [-0.25, -0.2) is 4.98 Å². The lowest BCUT2D eigenvalue weighted by molar-refractivity contribution is 0.0605. The molecule has 0 spiro atoms. The normalized spacial score (nSPS) is 11.4. The first-order valence-corrected chi connectivity index (χ1v) is 6.03. The molecule has 1 rings (SSSR count). The van der Waals surface area contributed by atoms with Gasteiger partial charge in [-0.05, 0) is 13.8 Å². The highest BCUT2D eigenvalue weighted by Gasteiger charge is 2.15. The largest absolute Gasteiger partial charge is 0.383 e. The molecule has 0 atom stereocenters. The van der Waals surface area contributed by atoms with Crippen LogP contribution in [0.5, 0.6) is 0 Å². The first kappa shape index (κ1) is 14.0. The van der Waals surface area contributed by atoms with Gasteiger partial charge in [0.2, 0.25) is 0 Å². The number of anilines is 1. The number of methoxy groups -OCH3 is 1. The Bertz CT molecular complexity index is 348. The molecule has 1 aromatic heterocycles. The lowest BCUT2D eigenvalue weighted by Gasteiger charge is -2.12. The second-order valence-corrected chi connectivity index (χ2v) is 4.22. The smallest absolute Gasteiger partial charge is 0.129 e. The van der Waals surface area contributed by atoms with Crippen molar-refractivity contribution in [3.8, 4) is 0 Å². The van der Waals surface area contributed by atoms with Crippen LogP contribution < -0.4 is 5.73 Å². The zero-order valence-electron chi connectivity index (χ0n) is 11.2. The summed E-state index contributed by atoms with van der Waals surface area (Å²) >= 11 is 0. The predicted octanol–water partition coefficient (Wildman–Crippen LogP) is 1.77. The highest BCUT2D eigenvalue weighted by Crippen LogP contribution is 2.21. The lowest BCUT2D eigenvalue weighted by Crippen LogP contribution is -2.09. The van der Waals surface area contributed by atoms with Crippen LogP contribution in [0.2, 0.25) is 0 Å². The molecule has 5 heteroatoms. The van der Waals surface area contributed by atoms with Crippen molar-refractivity contribution in [3.05, 3.63) is 11.5 Å². The summed E-state index contributed by atoms with van der Waals surface area (Å²) in [6.45, 7) is 7.88. The van der Waals surface area contributed by atoms with Gasteiger partial charge in [0.05, 0.1) is 19.8 Å². The Hall–Kier alpha value is -1.07. The molecule has 5 nitrogen and oxygen atoms in total. The van der Waals surface area contributed by atoms with E-state index in [1.54, 1.807) is 7.11 Å². The number of ether oxygens (including phenoxy) is 2. The second kappa shape index (κ2) is 6.61. The maximum absolute atomic E-state index is 6.08. The molecule has 2 N–H and O–H groups in total. The zero-order valence-corrected chi connectivity index (χ0v) is 11.2. The number of nitrogen functional groups attached to an aromatic ring is 1. The number of hydrogen-bond donors (Lipinski definition) is 1. The first-order valence-electron chi connectivity index (χ1n) is 6.03. The third-order valence-electron chi connectivity index (χ3n) is 2.60. The van der Waals surface area contributed by atoms with Crippen molar-refractivity contribution < 1.29 is 9.47 Å². The van der Waals surface area contributed by atoms with Crippen molar-refractivity contribution >= 4 is 5.82 Å². The molecule has 17 heavy (non-hydrogen) atoms. The van der Waals surface area contributed by atoms with Crippen LogP contribution in [0, 0.1) is 0 Å². The van der Waals surface area contributed by atoms with Crippen molar-refractivity contribution in [1.82, 2.24) is 9.55 Å². The Labute approximate surface area is 103 Å². The maximum Gasteiger partial charge on any atom is 0.129 e. The van der Waals surface area contributed by atoms with E-state index in [1.807, 2.05) is 0 Å². The van der Waals surface area contributed by atoms with Gasteiger partial charge in [0, 0.05) is 19.6 Å². The van der Waals surface area contributed by atoms with Crippen molar-refractivity contribution in [2.24, 2.45) is 0 Å². The molecule has 0 bridgehead atoms. The third kappa shape index (κ3) is 3.44. The first-order chi connectivity index (χ1) is 8.11. The van der Waals surface area contributed by atoms with E-state index >= 15 is 0 Å². The minimum absolute atomic E-state index is 0.324. The lowest BCUT2D eigenvalue weighted by atomic mass is 10.3. The number of hydrogen-bond acceptors (Lipinski definition) is 4. The Morgan fingerprint density at radius 2 is 2.06 bits per heavy atom. The van der Waals surface area contributed by atoms with Crippen molar-refractivity contribution in [1.29, 1.82) is 0 Å². The highest BCUT2D eigenvalue weighted by molar-refractivity contribution is 5.38. The van der Waals surface area contributed by atoms with E-state index in [4.69, 9.17) is 15.2 Å². The van der Waals surface area contributed by atoms with Gasteiger partial charge in [-0.2, -0.15) is 0 Å². The number of imidazole rings is 1. The summed E-state index contributed by atoms with van der Waals surface area (Å²) in [6, 6.07) is 0.324. The number of nitrogens with two attached hydrogens (primary N) is 1. The molecular formula is C12H23N3O2. The predicted molar refractivity (Wildman–Crippen MR) is 67.9 cm³/mol. The topological polar surface area (TPSA) is 62.3 Å². The van der Waals surface area contributed by atoms with E-state index < -0.39 is 0 Å². The summed E-state index contributed by atoms with van der Waals surface area (Å²) in [6.07, 6.45) is 0.875. The minimum atomic E-state index is 0.324. The van der Waals surface area contributed by atoms with Crippen molar-refractivity contribution in [3.63, 3.8) is 0 Å².